The van der Waals surface area contributed by atoms with E-state index in [2.05, 4.69) is 22.3 Å². The predicted molar refractivity (Wildman–Crippen MR) is 68.3 cm³/mol. The van der Waals surface area contributed by atoms with E-state index in [1.165, 1.54) is 5.56 Å². The smallest absolute Gasteiger partial charge is 0.415 e. The average molecular weight is 260 g/mol. The molecule has 2 amide bonds. The Morgan fingerprint density at radius 3 is 2.74 bits per heavy atom. The summed E-state index contributed by atoms with van der Waals surface area (Å²) in [5, 5.41) is 2.23. The summed E-state index contributed by atoms with van der Waals surface area (Å²) in [6.45, 7) is 2.16. The third-order valence-corrected chi connectivity index (χ3v) is 3.70. The van der Waals surface area contributed by atoms with Crippen molar-refractivity contribution in [1.82, 2.24) is 10.2 Å². The lowest BCUT2D eigenvalue weighted by Gasteiger charge is -2.36. The van der Waals surface area contributed by atoms with Gasteiger partial charge in [-0.05, 0) is 24.9 Å². The number of imide groups is 1. The van der Waals surface area contributed by atoms with Crippen molar-refractivity contribution in [2.75, 3.05) is 13.1 Å². The molecular weight excluding hydrogens is 244 g/mol. The number of carbonyl (C=O) groups excluding carboxylic acids is 2. The van der Waals surface area contributed by atoms with Crippen molar-refractivity contribution in [2.24, 2.45) is 0 Å². The molecule has 2 saturated heterocycles. The zero-order valence-corrected chi connectivity index (χ0v) is 10.6. The number of benzene rings is 1. The van der Waals surface area contributed by atoms with E-state index in [4.69, 9.17) is 4.74 Å². The van der Waals surface area contributed by atoms with Gasteiger partial charge in [0.25, 0.3) is 5.91 Å². The van der Waals surface area contributed by atoms with Gasteiger partial charge in [-0.1, -0.05) is 30.3 Å². The van der Waals surface area contributed by atoms with Crippen LogP contribution in [-0.4, -0.2) is 35.6 Å². The lowest BCUT2D eigenvalue weighted by molar-refractivity contribution is -0.136. The van der Waals surface area contributed by atoms with Crippen LogP contribution in [-0.2, 0) is 16.1 Å². The van der Waals surface area contributed by atoms with Crippen LogP contribution in [0.5, 0.6) is 0 Å². The first kappa shape index (κ1) is 12.2. The average Bonchev–Trinajstić information content (AvgIpc) is 2.65. The van der Waals surface area contributed by atoms with Gasteiger partial charge in [0.05, 0.1) is 0 Å². The predicted octanol–water partition coefficient (Wildman–Crippen LogP) is 1.29. The van der Waals surface area contributed by atoms with Crippen LogP contribution >= 0.6 is 0 Å². The minimum Gasteiger partial charge on any atom is -0.431 e. The molecule has 3 rings (SSSR count). The fourth-order valence-electron chi connectivity index (χ4n) is 2.81. The van der Waals surface area contributed by atoms with Crippen LogP contribution in [0.15, 0.2) is 30.3 Å². The Kier molecular flexibility index (Phi) is 2.98. The Balaban J connectivity index is 1.72. The molecule has 0 saturated carbocycles. The summed E-state index contributed by atoms with van der Waals surface area (Å²) in [5.41, 5.74) is 0.230. The second-order valence-electron chi connectivity index (χ2n) is 5.14. The van der Waals surface area contributed by atoms with Gasteiger partial charge in [0.1, 0.15) is 0 Å². The normalized spacial score (nSPS) is 27.4. The molecule has 0 aliphatic carbocycles. The molecule has 0 aromatic heterocycles. The molecule has 2 fully saturated rings. The standard InChI is InChI=1S/C14H16N2O3/c17-12-14(19-13(18)15-12)7-4-8-16(10-14)9-11-5-2-1-3-6-11/h1-3,5-6H,4,7-10H2,(H,15,17,18). The van der Waals surface area contributed by atoms with Crippen molar-refractivity contribution in [3.05, 3.63) is 35.9 Å². The molecule has 1 aromatic carbocycles. The van der Waals surface area contributed by atoms with Crippen molar-refractivity contribution in [2.45, 2.75) is 25.0 Å². The van der Waals surface area contributed by atoms with E-state index in [1.807, 2.05) is 18.2 Å². The van der Waals surface area contributed by atoms with Gasteiger partial charge in [-0.15, -0.1) is 0 Å². The minimum atomic E-state index is -0.968. The van der Waals surface area contributed by atoms with E-state index in [9.17, 15) is 9.59 Å². The molecule has 1 unspecified atom stereocenters. The number of nitrogens with one attached hydrogen (secondary N) is 1. The molecule has 5 heteroatoms. The van der Waals surface area contributed by atoms with Gasteiger partial charge in [-0.2, -0.15) is 0 Å². The molecule has 1 aromatic rings. The van der Waals surface area contributed by atoms with E-state index >= 15 is 0 Å². The number of rotatable bonds is 2. The molecular formula is C14H16N2O3. The maximum atomic E-state index is 11.9. The molecule has 100 valence electrons. The summed E-state index contributed by atoms with van der Waals surface area (Å²) in [7, 11) is 0. The van der Waals surface area contributed by atoms with Crippen LogP contribution in [0.25, 0.3) is 0 Å². The van der Waals surface area contributed by atoms with Crippen molar-refractivity contribution in [3.8, 4) is 0 Å². The van der Waals surface area contributed by atoms with Crippen LogP contribution in [0.1, 0.15) is 18.4 Å². The third-order valence-electron chi connectivity index (χ3n) is 3.70. The molecule has 19 heavy (non-hydrogen) atoms. The first-order chi connectivity index (χ1) is 9.18. The fraction of sp³-hybridized carbons (Fsp3) is 0.429. The third kappa shape index (κ3) is 2.33. The lowest BCUT2D eigenvalue weighted by Crippen LogP contribution is -2.52. The number of hydrogen-bond donors (Lipinski definition) is 1. The highest BCUT2D eigenvalue weighted by atomic mass is 16.6. The quantitative estimate of drug-likeness (QED) is 0.870. The number of amides is 2. The SMILES string of the molecule is O=C1NC(=O)C2(CCCN(Cc3ccccc3)C2)O1. The van der Waals surface area contributed by atoms with E-state index in [0.717, 1.165) is 19.5 Å². The second-order valence-corrected chi connectivity index (χ2v) is 5.14. The van der Waals surface area contributed by atoms with Crippen LogP contribution in [0, 0.1) is 0 Å². The maximum absolute atomic E-state index is 11.9. The molecule has 2 aliphatic heterocycles. The second kappa shape index (κ2) is 4.66. The van der Waals surface area contributed by atoms with Crippen molar-refractivity contribution in [3.63, 3.8) is 0 Å². The van der Waals surface area contributed by atoms with Gasteiger partial charge in [0, 0.05) is 13.1 Å². The topological polar surface area (TPSA) is 58.6 Å². The van der Waals surface area contributed by atoms with Crippen LogP contribution in [0.4, 0.5) is 4.79 Å². The van der Waals surface area contributed by atoms with Gasteiger partial charge in [-0.3, -0.25) is 15.0 Å². The molecule has 2 aliphatic rings. The largest absolute Gasteiger partial charge is 0.431 e. The molecule has 1 N–H and O–H groups in total. The zero-order chi connectivity index (χ0) is 13.3. The number of alkyl carbamates (subject to hydrolysis) is 1. The molecule has 0 bridgehead atoms. The summed E-state index contributed by atoms with van der Waals surface area (Å²) in [5.74, 6) is -0.296. The van der Waals surface area contributed by atoms with Gasteiger partial charge < -0.3 is 4.74 Å². The minimum absolute atomic E-state index is 0.296. The molecule has 5 nitrogen and oxygen atoms in total. The monoisotopic (exact) mass is 260 g/mol. The molecule has 2 heterocycles. The van der Waals surface area contributed by atoms with Gasteiger partial charge in [0.15, 0.2) is 0 Å². The van der Waals surface area contributed by atoms with Crippen molar-refractivity contribution < 1.29 is 14.3 Å². The zero-order valence-electron chi connectivity index (χ0n) is 10.6. The fourth-order valence-corrected chi connectivity index (χ4v) is 2.81. The number of piperidine rings is 1. The van der Waals surface area contributed by atoms with Gasteiger partial charge in [0.2, 0.25) is 5.60 Å². The van der Waals surface area contributed by atoms with Crippen LogP contribution in [0.3, 0.4) is 0 Å². The number of ether oxygens (including phenoxy) is 1. The Hall–Kier alpha value is -1.88. The number of likely N-dealkylation sites (tertiary alicyclic amines) is 1. The Bertz CT molecular complexity index is 503. The van der Waals surface area contributed by atoms with Crippen LogP contribution in [0.2, 0.25) is 0 Å². The highest BCUT2D eigenvalue weighted by molar-refractivity contribution is 6.03. The number of carbonyl (C=O) groups is 2. The Morgan fingerprint density at radius 1 is 1.26 bits per heavy atom. The molecule has 1 spiro atoms. The Labute approximate surface area is 111 Å². The summed E-state index contributed by atoms with van der Waals surface area (Å²) in [6.07, 6.45) is 0.843. The van der Waals surface area contributed by atoms with E-state index in [-0.39, 0.29) is 5.91 Å². The highest BCUT2D eigenvalue weighted by Crippen LogP contribution is 2.29. The highest BCUT2D eigenvalue weighted by Gasteiger charge is 2.51. The van der Waals surface area contributed by atoms with Crippen molar-refractivity contribution >= 4 is 12.0 Å². The van der Waals surface area contributed by atoms with E-state index in [1.54, 1.807) is 0 Å². The summed E-state index contributed by atoms with van der Waals surface area (Å²) >= 11 is 0. The Morgan fingerprint density at radius 2 is 2.05 bits per heavy atom. The maximum Gasteiger partial charge on any atom is 0.415 e. The molecule has 0 radical (unpaired) electrons. The molecule has 1 atom stereocenters. The summed E-state index contributed by atoms with van der Waals surface area (Å²) < 4.78 is 5.23. The van der Waals surface area contributed by atoms with Gasteiger partial charge in [-0.25, -0.2) is 4.79 Å². The number of nitrogens with zero attached hydrogens (tertiary/aromatic N) is 1. The van der Waals surface area contributed by atoms with Gasteiger partial charge >= 0.3 is 6.09 Å². The van der Waals surface area contributed by atoms with Crippen molar-refractivity contribution in [1.29, 1.82) is 0 Å². The summed E-state index contributed by atoms with van der Waals surface area (Å²) in [6, 6.07) is 10.1. The summed E-state index contributed by atoms with van der Waals surface area (Å²) in [4.78, 5) is 25.3. The first-order valence-corrected chi connectivity index (χ1v) is 6.49. The van der Waals surface area contributed by atoms with Crippen LogP contribution < -0.4 is 5.32 Å². The van der Waals surface area contributed by atoms with E-state index < -0.39 is 11.7 Å². The van der Waals surface area contributed by atoms with E-state index in [0.29, 0.717) is 13.0 Å². The first-order valence-electron chi connectivity index (χ1n) is 6.49. The number of hydrogen-bond acceptors (Lipinski definition) is 4. The lowest BCUT2D eigenvalue weighted by atomic mass is 9.92.